The zero-order chi connectivity index (χ0) is 18.3. The third-order valence-corrected chi connectivity index (χ3v) is 5.67. The summed E-state index contributed by atoms with van der Waals surface area (Å²) in [6.45, 7) is 6.17. The van der Waals surface area contributed by atoms with Crippen molar-refractivity contribution in [2.24, 2.45) is 4.99 Å². The average molecular weight is 369 g/mol. The summed E-state index contributed by atoms with van der Waals surface area (Å²) in [6, 6.07) is 6.77. The van der Waals surface area contributed by atoms with E-state index in [0.717, 1.165) is 25.0 Å². The van der Waals surface area contributed by atoms with Crippen molar-refractivity contribution in [3.63, 3.8) is 0 Å². The molecule has 2 rings (SSSR count). The molecule has 7 nitrogen and oxygen atoms in total. The smallest absolute Gasteiger partial charge is 0.240 e. The molecule has 1 heterocycles. The third kappa shape index (κ3) is 5.98. The van der Waals surface area contributed by atoms with Crippen LogP contribution in [0.1, 0.15) is 25.3 Å². The highest BCUT2D eigenvalue weighted by atomic mass is 32.2. The van der Waals surface area contributed by atoms with E-state index in [-0.39, 0.29) is 17.0 Å². The molecule has 25 heavy (non-hydrogen) atoms. The first-order valence-corrected chi connectivity index (χ1v) is 9.98. The topological polar surface area (TPSA) is 91.8 Å². The minimum Gasteiger partial charge on any atom is -0.373 e. The molecular weight excluding hydrogens is 340 g/mol. The molecule has 0 saturated carbocycles. The first-order valence-electron chi connectivity index (χ1n) is 8.49. The zero-order valence-electron chi connectivity index (χ0n) is 15.1. The molecule has 8 heteroatoms. The summed E-state index contributed by atoms with van der Waals surface area (Å²) < 4.78 is 32.7. The standard InChI is InChI=1S/C17H28N4O3S/c1-14-5-7-15(8-6-14)25(22,23)21-11-10-19-16(18-3)20-13-17(2)9-4-12-24-17/h5-8,21H,4,9-13H2,1-3H3,(H2,18,19,20). The normalized spacial score (nSPS) is 21.3. The van der Waals surface area contributed by atoms with Crippen LogP contribution in [0, 0.1) is 6.92 Å². The van der Waals surface area contributed by atoms with Crippen LogP contribution < -0.4 is 15.4 Å². The van der Waals surface area contributed by atoms with Gasteiger partial charge in [0.2, 0.25) is 10.0 Å². The number of aliphatic imine (C=N–C) groups is 1. The SMILES string of the molecule is CN=C(NCCNS(=O)(=O)c1ccc(C)cc1)NCC1(C)CCCO1. The number of aryl methyl sites for hydroxylation is 1. The Bertz CT molecular complexity index is 680. The van der Waals surface area contributed by atoms with Gasteiger partial charge < -0.3 is 15.4 Å². The van der Waals surface area contributed by atoms with Gasteiger partial charge in [-0.2, -0.15) is 0 Å². The second-order valence-electron chi connectivity index (χ2n) is 6.47. The number of guanidine groups is 1. The van der Waals surface area contributed by atoms with Crippen molar-refractivity contribution in [2.75, 3.05) is 33.3 Å². The number of nitrogens with one attached hydrogen (secondary N) is 3. The Morgan fingerprint density at radius 1 is 1.24 bits per heavy atom. The predicted octanol–water partition coefficient (Wildman–Crippen LogP) is 1.01. The summed E-state index contributed by atoms with van der Waals surface area (Å²) in [5.74, 6) is 0.631. The maximum atomic E-state index is 12.2. The van der Waals surface area contributed by atoms with Gasteiger partial charge in [-0.15, -0.1) is 0 Å². The Kier molecular flexibility index (Phi) is 6.80. The van der Waals surface area contributed by atoms with Crippen molar-refractivity contribution in [1.29, 1.82) is 0 Å². The largest absolute Gasteiger partial charge is 0.373 e. The molecule has 0 aromatic heterocycles. The molecule has 1 fully saturated rings. The minimum absolute atomic E-state index is 0.162. The molecule has 3 N–H and O–H groups in total. The number of ether oxygens (including phenoxy) is 1. The predicted molar refractivity (Wildman–Crippen MR) is 99.3 cm³/mol. The molecule has 0 radical (unpaired) electrons. The molecule has 1 saturated heterocycles. The fraction of sp³-hybridized carbons (Fsp3) is 0.588. The summed E-state index contributed by atoms with van der Waals surface area (Å²) in [5.41, 5.74) is 0.861. The highest BCUT2D eigenvalue weighted by Crippen LogP contribution is 2.23. The van der Waals surface area contributed by atoms with E-state index in [1.807, 2.05) is 6.92 Å². The van der Waals surface area contributed by atoms with Gasteiger partial charge in [0.15, 0.2) is 5.96 Å². The Morgan fingerprint density at radius 2 is 1.96 bits per heavy atom. The average Bonchev–Trinajstić information content (AvgIpc) is 3.01. The summed E-state index contributed by atoms with van der Waals surface area (Å²) in [4.78, 5) is 4.41. The number of sulfonamides is 1. The lowest BCUT2D eigenvalue weighted by Gasteiger charge is -2.24. The second kappa shape index (κ2) is 8.64. The molecule has 1 aromatic rings. The minimum atomic E-state index is -3.49. The number of hydrogen-bond acceptors (Lipinski definition) is 4. The van der Waals surface area contributed by atoms with Gasteiger partial charge >= 0.3 is 0 Å². The van der Waals surface area contributed by atoms with Crippen LogP contribution in [-0.4, -0.2) is 53.3 Å². The molecular formula is C17H28N4O3S. The molecule has 0 aliphatic carbocycles. The molecule has 0 bridgehead atoms. The van der Waals surface area contributed by atoms with Crippen molar-refractivity contribution in [3.8, 4) is 0 Å². The van der Waals surface area contributed by atoms with Gasteiger partial charge in [0, 0.05) is 33.3 Å². The Balaban J connectivity index is 1.74. The summed E-state index contributed by atoms with van der Waals surface area (Å²) in [5, 5.41) is 6.32. The van der Waals surface area contributed by atoms with Crippen LogP contribution in [-0.2, 0) is 14.8 Å². The van der Waals surface area contributed by atoms with Crippen LogP contribution in [0.15, 0.2) is 34.2 Å². The molecule has 1 aliphatic heterocycles. The monoisotopic (exact) mass is 368 g/mol. The van der Waals surface area contributed by atoms with E-state index >= 15 is 0 Å². The fourth-order valence-corrected chi connectivity index (χ4v) is 3.67. The lowest BCUT2D eigenvalue weighted by atomic mass is 10.0. The maximum absolute atomic E-state index is 12.2. The molecule has 0 spiro atoms. The third-order valence-electron chi connectivity index (χ3n) is 4.19. The van der Waals surface area contributed by atoms with Gasteiger partial charge in [-0.05, 0) is 38.8 Å². The van der Waals surface area contributed by atoms with Gasteiger partial charge in [0.25, 0.3) is 0 Å². The van der Waals surface area contributed by atoms with Crippen molar-refractivity contribution in [1.82, 2.24) is 15.4 Å². The van der Waals surface area contributed by atoms with Gasteiger partial charge in [-0.3, -0.25) is 4.99 Å². The van der Waals surface area contributed by atoms with E-state index in [0.29, 0.717) is 19.0 Å². The first-order chi connectivity index (χ1) is 11.8. The van der Waals surface area contributed by atoms with Gasteiger partial charge in [0.1, 0.15) is 0 Å². The maximum Gasteiger partial charge on any atom is 0.240 e. The number of rotatable bonds is 7. The lowest BCUT2D eigenvalue weighted by molar-refractivity contribution is 0.0243. The lowest BCUT2D eigenvalue weighted by Crippen LogP contribution is -2.47. The Morgan fingerprint density at radius 3 is 2.56 bits per heavy atom. The summed E-state index contributed by atoms with van der Waals surface area (Å²) in [7, 11) is -1.80. The summed E-state index contributed by atoms with van der Waals surface area (Å²) >= 11 is 0. The Hall–Kier alpha value is -1.64. The molecule has 1 atom stereocenters. The molecule has 1 aliphatic rings. The van der Waals surface area contributed by atoms with Gasteiger partial charge in [-0.25, -0.2) is 13.1 Å². The van der Waals surface area contributed by atoms with Crippen LogP contribution in [0.2, 0.25) is 0 Å². The van der Waals surface area contributed by atoms with Crippen molar-refractivity contribution >= 4 is 16.0 Å². The number of nitrogens with zero attached hydrogens (tertiary/aromatic N) is 1. The van der Waals surface area contributed by atoms with E-state index in [2.05, 4.69) is 27.3 Å². The van der Waals surface area contributed by atoms with Crippen LogP contribution in [0.3, 0.4) is 0 Å². The van der Waals surface area contributed by atoms with Gasteiger partial charge in [0.05, 0.1) is 10.5 Å². The fourth-order valence-electron chi connectivity index (χ4n) is 2.63. The first kappa shape index (κ1) is 19.7. The van der Waals surface area contributed by atoms with Crippen LogP contribution in [0.4, 0.5) is 0 Å². The zero-order valence-corrected chi connectivity index (χ0v) is 15.9. The van der Waals surface area contributed by atoms with E-state index in [1.54, 1.807) is 31.3 Å². The van der Waals surface area contributed by atoms with Crippen LogP contribution in [0.5, 0.6) is 0 Å². The van der Waals surface area contributed by atoms with E-state index in [9.17, 15) is 8.42 Å². The number of hydrogen-bond donors (Lipinski definition) is 3. The summed E-state index contributed by atoms with van der Waals surface area (Å²) in [6.07, 6.45) is 2.10. The highest BCUT2D eigenvalue weighted by molar-refractivity contribution is 7.89. The molecule has 1 aromatic carbocycles. The van der Waals surface area contributed by atoms with E-state index < -0.39 is 10.0 Å². The quantitative estimate of drug-likeness (QED) is 0.379. The molecule has 0 amide bonds. The van der Waals surface area contributed by atoms with Crippen molar-refractivity contribution in [3.05, 3.63) is 29.8 Å². The molecule has 1 unspecified atom stereocenters. The van der Waals surface area contributed by atoms with E-state index in [4.69, 9.17) is 4.74 Å². The highest BCUT2D eigenvalue weighted by Gasteiger charge is 2.29. The van der Waals surface area contributed by atoms with Crippen molar-refractivity contribution in [2.45, 2.75) is 37.2 Å². The number of benzene rings is 1. The van der Waals surface area contributed by atoms with E-state index in [1.165, 1.54) is 0 Å². The van der Waals surface area contributed by atoms with Crippen LogP contribution in [0.25, 0.3) is 0 Å². The van der Waals surface area contributed by atoms with Gasteiger partial charge in [-0.1, -0.05) is 17.7 Å². The molecule has 140 valence electrons. The van der Waals surface area contributed by atoms with Crippen molar-refractivity contribution < 1.29 is 13.2 Å². The second-order valence-corrected chi connectivity index (χ2v) is 8.23. The Labute approximate surface area is 150 Å². The van der Waals surface area contributed by atoms with Crippen LogP contribution >= 0.6 is 0 Å².